The van der Waals surface area contributed by atoms with Crippen LogP contribution in [-0.2, 0) is 33.4 Å². The van der Waals surface area contributed by atoms with Crippen molar-refractivity contribution >= 4 is 52.8 Å². The number of carbonyl (C=O) groups excluding carboxylic acids is 5. The minimum Gasteiger partial charge on any atom is -0.484 e. The van der Waals surface area contributed by atoms with E-state index in [1.165, 1.54) is 0 Å². The first kappa shape index (κ1) is 40.9. The summed E-state index contributed by atoms with van der Waals surface area (Å²) >= 11 is 0.777. The summed E-state index contributed by atoms with van der Waals surface area (Å²) in [7, 11) is 0. The lowest BCUT2D eigenvalue weighted by Gasteiger charge is -2.20. The Hall–Kier alpha value is -5.26. The summed E-state index contributed by atoms with van der Waals surface area (Å²) in [5.41, 5.74) is -1.09. The average Bonchev–Trinajstić information content (AvgIpc) is 3.10. The van der Waals surface area contributed by atoms with Gasteiger partial charge in [-0.3, -0.25) is 39.4 Å². The Balaban J connectivity index is 2.15. The van der Waals surface area contributed by atoms with Gasteiger partial charge in [-0.1, -0.05) is 44.9 Å². The third-order valence-electron chi connectivity index (χ3n) is 6.71. The number of non-ortho nitro benzene ring substituents is 1. The zero-order chi connectivity index (χ0) is 36.9. The largest absolute Gasteiger partial charge is 0.484 e. The number of amides is 3. The topological polar surface area (TPSA) is 235 Å². The Morgan fingerprint density at radius 2 is 1.50 bits per heavy atom. The van der Waals surface area contributed by atoms with Crippen molar-refractivity contribution < 1.29 is 48.0 Å². The van der Waals surface area contributed by atoms with Crippen molar-refractivity contribution in [1.82, 2.24) is 16.0 Å². The number of rotatable bonds is 23. The molecule has 18 heteroatoms. The number of nitrogens with zero attached hydrogens (tertiary/aromatic N) is 2. The van der Waals surface area contributed by atoms with E-state index in [1.807, 2.05) is 13.8 Å². The van der Waals surface area contributed by atoms with Crippen LogP contribution in [-0.4, -0.2) is 83.7 Å². The van der Waals surface area contributed by atoms with Crippen LogP contribution in [0.5, 0.6) is 5.75 Å². The Morgan fingerprint density at radius 1 is 0.840 bits per heavy atom. The Morgan fingerprint density at radius 3 is 2.14 bits per heavy atom. The van der Waals surface area contributed by atoms with Crippen LogP contribution in [0, 0.1) is 20.2 Å². The summed E-state index contributed by atoms with van der Waals surface area (Å²) in [6, 6.07) is 8.92. The van der Waals surface area contributed by atoms with Crippen LogP contribution in [0.2, 0.25) is 0 Å². The van der Waals surface area contributed by atoms with Gasteiger partial charge in [0.15, 0.2) is 6.61 Å². The van der Waals surface area contributed by atoms with E-state index >= 15 is 0 Å². The summed E-state index contributed by atoms with van der Waals surface area (Å²) in [4.78, 5) is 84.8. The van der Waals surface area contributed by atoms with E-state index < -0.39 is 76.1 Å². The van der Waals surface area contributed by atoms with Gasteiger partial charge in [-0.15, -0.1) is 11.8 Å². The molecule has 3 N–H and O–H groups in total. The van der Waals surface area contributed by atoms with Gasteiger partial charge in [0.1, 0.15) is 24.4 Å². The molecule has 0 aliphatic carbocycles. The molecule has 2 atom stereocenters. The Labute approximate surface area is 292 Å². The van der Waals surface area contributed by atoms with Crippen molar-refractivity contribution in [2.75, 3.05) is 32.1 Å². The number of esters is 2. The molecular formula is C32H41N5O12S. The molecule has 0 saturated carbocycles. The van der Waals surface area contributed by atoms with Crippen LogP contribution in [0.3, 0.4) is 0 Å². The van der Waals surface area contributed by atoms with E-state index in [2.05, 4.69) is 16.0 Å². The third kappa shape index (κ3) is 15.3. The number of benzene rings is 2. The second kappa shape index (κ2) is 22.4. The first-order valence-electron chi connectivity index (χ1n) is 15.9. The van der Waals surface area contributed by atoms with Crippen LogP contribution in [0.4, 0.5) is 11.4 Å². The van der Waals surface area contributed by atoms with E-state index in [9.17, 15) is 44.2 Å². The van der Waals surface area contributed by atoms with Gasteiger partial charge >= 0.3 is 11.9 Å². The molecule has 0 fully saturated rings. The number of nitro groups is 2. The quantitative estimate of drug-likeness (QED) is 0.0492. The highest BCUT2D eigenvalue weighted by Crippen LogP contribution is 2.32. The molecule has 2 aromatic carbocycles. The normalized spacial score (nSPS) is 11.7. The number of ether oxygens (including phenoxy) is 3. The maximum atomic E-state index is 13.1. The molecule has 0 aliphatic rings. The summed E-state index contributed by atoms with van der Waals surface area (Å²) in [6.45, 7) is 3.13. The summed E-state index contributed by atoms with van der Waals surface area (Å²) in [6.07, 6.45) is 2.15. The molecule has 17 nitrogen and oxygen atoms in total. The maximum Gasteiger partial charge on any atom is 0.328 e. The number of hydrogen-bond acceptors (Lipinski definition) is 13. The summed E-state index contributed by atoms with van der Waals surface area (Å²) in [5, 5.41) is 30.1. The van der Waals surface area contributed by atoms with Gasteiger partial charge in [-0.25, -0.2) is 4.79 Å². The molecule has 0 aromatic heterocycles. The lowest BCUT2D eigenvalue weighted by molar-refractivity contribution is -0.396. The molecule has 0 bridgehead atoms. The van der Waals surface area contributed by atoms with Crippen molar-refractivity contribution in [2.24, 2.45) is 0 Å². The number of thioether (sulfide) groups is 1. The third-order valence-corrected chi connectivity index (χ3v) is 7.87. The highest BCUT2D eigenvalue weighted by molar-refractivity contribution is 7.99. The summed E-state index contributed by atoms with van der Waals surface area (Å²) in [5.74, 6) is -3.52. The molecule has 0 radical (unpaired) electrons. The first-order valence-corrected chi connectivity index (χ1v) is 16.9. The molecule has 0 heterocycles. The molecule has 0 spiro atoms. The van der Waals surface area contributed by atoms with E-state index in [1.54, 1.807) is 30.3 Å². The van der Waals surface area contributed by atoms with E-state index in [0.29, 0.717) is 18.6 Å². The van der Waals surface area contributed by atoms with E-state index in [0.717, 1.165) is 42.8 Å². The minimum absolute atomic E-state index is 0.0121. The predicted octanol–water partition coefficient (Wildman–Crippen LogP) is 3.23. The standard InChI is InChI=1S/C32H41N5O12S/c1-3-5-16-47-30(40)19-33-31(41)25(21-50-27-14-12-22(36(43)44)18-26(27)37(45)46)35-28(38)15-13-24(32(42)48-17-6-4-2)34-29(39)20-49-23-10-8-7-9-11-23/h7-12,14,18,24-25H,3-6,13,15-17,19-21H2,1-2H3,(H,33,41)(H,34,39)(H,35,38)/t24-,25-/m0/s1. The van der Waals surface area contributed by atoms with Crippen molar-refractivity contribution in [3.8, 4) is 5.75 Å². The van der Waals surface area contributed by atoms with Crippen LogP contribution in [0.15, 0.2) is 53.4 Å². The van der Waals surface area contributed by atoms with Crippen LogP contribution >= 0.6 is 11.8 Å². The van der Waals surface area contributed by atoms with Gasteiger partial charge in [0, 0.05) is 18.2 Å². The lowest BCUT2D eigenvalue weighted by Crippen LogP contribution is -2.50. The van der Waals surface area contributed by atoms with Crippen molar-refractivity contribution in [1.29, 1.82) is 0 Å². The molecule has 50 heavy (non-hydrogen) atoms. The molecule has 0 saturated heterocycles. The van der Waals surface area contributed by atoms with Gasteiger partial charge < -0.3 is 30.2 Å². The van der Waals surface area contributed by atoms with Crippen LogP contribution < -0.4 is 20.7 Å². The van der Waals surface area contributed by atoms with Gasteiger partial charge in [-0.2, -0.15) is 0 Å². The Bertz CT molecular complexity index is 1480. The van der Waals surface area contributed by atoms with Gasteiger partial charge in [-0.05, 0) is 37.5 Å². The van der Waals surface area contributed by atoms with Crippen LogP contribution in [0.25, 0.3) is 0 Å². The average molecular weight is 720 g/mol. The van der Waals surface area contributed by atoms with Crippen LogP contribution in [0.1, 0.15) is 52.4 Å². The summed E-state index contributed by atoms with van der Waals surface area (Å²) < 4.78 is 15.7. The fraction of sp³-hybridized carbons (Fsp3) is 0.469. The minimum atomic E-state index is -1.35. The first-order chi connectivity index (χ1) is 23.9. The number of unbranched alkanes of at least 4 members (excludes halogenated alkanes) is 2. The van der Waals surface area contributed by atoms with Gasteiger partial charge in [0.25, 0.3) is 17.3 Å². The van der Waals surface area contributed by atoms with Crippen molar-refractivity contribution in [3.05, 3.63) is 68.8 Å². The highest BCUT2D eigenvalue weighted by atomic mass is 32.2. The molecular weight excluding hydrogens is 678 g/mol. The SMILES string of the molecule is CCCCOC(=O)CNC(=O)[C@H](CSc1ccc([N+](=O)[O-])cc1[N+](=O)[O-])NC(=O)CC[C@H](NC(=O)COc1ccccc1)C(=O)OCCCC. The molecule has 2 aromatic rings. The predicted molar refractivity (Wildman–Crippen MR) is 180 cm³/mol. The number of para-hydroxylation sites is 1. The van der Waals surface area contributed by atoms with Gasteiger partial charge in [0.05, 0.1) is 34.0 Å². The van der Waals surface area contributed by atoms with E-state index in [4.69, 9.17) is 14.2 Å². The number of nitro benzene ring substituents is 2. The van der Waals surface area contributed by atoms with Crippen molar-refractivity contribution in [3.63, 3.8) is 0 Å². The molecule has 272 valence electrons. The molecule has 0 aliphatic heterocycles. The lowest BCUT2D eigenvalue weighted by atomic mass is 10.1. The fourth-order valence-corrected chi connectivity index (χ4v) is 5.04. The second-order valence-corrected chi connectivity index (χ2v) is 11.7. The number of nitrogens with one attached hydrogen (secondary N) is 3. The second-order valence-electron chi connectivity index (χ2n) is 10.7. The smallest absolute Gasteiger partial charge is 0.328 e. The molecule has 2 rings (SSSR count). The maximum absolute atomic E-state index is 13.1. The van der Waals surface area contributed by atoms with Gasteiger partial charge in [0.2, 0.25) is 11.8 Å². The number of hydrogen-bond donors (Lipinski definition) is 3. The monoisotopic (exact) mass is 719 g/mol. The zero-order valence-electron chi connectivity index (χ0n) is 27.8. The van der Waals surface area contributed by atoms with E-state index in [-0.39, 0.29) is 36.7 Å². The van der Waals surface area contributed by atoms with Crippen molar-refractivity contribution in [2.45, 2.75) is 69.4 Å². The fourth-order valence-electron chi connectivity index (χ4n) is 4.01. The highest BCUT2D eigenvalue weighted by Gasteiger charge is 2.28. The number of carbonyl (C=O) groups is 5. The molecule has 0 unspecified atom stereocenters. The zero-order valence-corrected chi connectivity index (χ0v) is 28.6. The Kier molecular flexibility index (Phi) is 18.3. The molecule has 3 amide bonds.